The van der Waals surface area contributed by atoms with Gasteiger partial charge in [0, 0.05) is 38.8 Å². The van der Waals surface area contributed by atoms with Crippen molar-refractivity contribution >= 4 is 5.91 Å². The SMILES string of the molecule is C[C@@H]1C[C@@H](N(C)C(=O)[C@@H](CN)c2ccccc2)CCN1Cc1ccccc1. The van der Waals surface area contributed by atoms with Crippen LogP contribution in [0.5, 0.6) is 0 Å². The number of carbonyl (C=O) groups is 1. The third-order valence-electron chi connectivity index (χ3n) is 5.85. The van der Waals surface area contributed by atoms with Crippen LogP contribution in [0.15, 0.2) is 60.7 Å². The van der Waals surface area contributed by atoms with Crippen LogP contribution in [0.2, 0.25) is 0 Å². The van der Waals surface area contributed by atoms with Gasteiger partial charge in [-0.15, -0.1) is 0 Å². The minimum absolute atomic E-state index is 0.136. The Morgan fingerprint density at radius 2 is 1.78 bits per heavy atom. The first-order chi connectivity index (χ1) is 13.1. The van der Waals surface area contributed by atoms with Crippen molar-refractivity contribution in [2.24, 2.45) is 5.73 Å². The van der Waals surface area contributed by atoms with E-state index in [2.05, 4.69) is 42.2 Å². The molecule has 1 heterocycles. The van der Waals surface area contributed by atoms with Crippen molar-refractivity contribution in [1.82, 2.24) is 9.80 Å². The molecule has 0 spiro atoms. The Morgan fingerprint density at radius 3 is 2.37 bits per heavy atom. The molecule has 4 heteroatoms. The van der Waals surface area contributed by atoms with E-state index < -0.39 is 0 Å². The molecule has 1 saturated heterocycles. The minimum atomic E-state index is -0.256. The molecule has 0 bridgehead atoms. The first kappa shape index (κ1) is 19.6. The molecule has 0 aromatic heterocycles. The maximum Gasteiger partial charge on any atom is 0.231 e. The topological polar surface area (TPSA) is 49.6 Å². The molecule has 0 unspecified atom stereocenters. The first-order valence-corrected chi connectivity index (χ1v) is 9.89. The summed E-state index contributed by atoms with van der Waals surface area (Å²) in [6.45, 7) is 4.60. The van der Waals surface area contributed by atoms with E-state index in [-0.39, 0.29) is 17.9 Å². The van der Waals surface area contributed by atoms with Crippen LogP contribution in [-0.2, 0) is 11.3 Å². The van der Waals surface area contributed by atoms with Crippen LogP contribution in [0.4, 0.5) is 0 Å². The highest BCUT2D eigenvalue weighted by Crippen LogP contribution is 2.26. The van der Waals surface area contributed by atoms with E-state index in [1.165, 1.54) is 5.56 Å². The highest BCUT2D eigenvalue weighted by molar-refractivity contribution is 5.84. The molecule has 0 aliphatic carbocycles. The second-order valence-electron chi connectivity index (χ2n) is 7.63. The van der Waals surface area contributed by atoms with Gasteiger partial charge in [0.25, 0.3) is 0 Å². The van der Waals surface area contributed by atoms with Crippen LogP contribution in [-0.4, -0.2) is 47.9 Å². The lowest BCUT2D eigenvalue weighted by atomic mass is 9.93. The summed E-state index contributed by atoms with van der Waals surface area (Å²) in [5.41, 5.74) is 8.31. The van der Waals surface area contributed by atoms with Gasteiger partial charge in [-0.3, -0.25) is 9.69 Å². The molecular weight excluding hydrogens is 334 g/mol. The second-order valence-corrected chi connectivity index (χ2v) is 7.63. The summed E-state index contributed by atoms with van der Waals surface area (Å²) >= 11 is 0. The van der Waals surface area contributed by atoms with Crippen molar-refractivity contribution in [1.29, 1.82) is 0 Å². The number of piperidine rings is 1. The number of likely N-dealkylation sites (tertiary alicyclic amines) is 1. The predicted octanol–water partition coefficient (Wildman–Crippen LogP) is 3.24. The zero-order valence-electron chi connectivity index (χ0n) is 16.4. The Bertz CT molecular complexity index is 719. The van der Waals surface area contributed by atoms with Crippen molar-refractivity contribution in [3.8, 4) is 0 Å². The third kappa shape index (κ3) is 4.76. The quantitative estimate of drug-likeness (QED) is 0.855. The fourth-order valence-electron chi connectivity index (χ4n) is 4.09. The molecule has 1 fully saturated rings. The molecule has 2 aromatic carbocycles. The van der Waals surface area contributed by atoms with Crippen LogP contribution >= 0.6 is 0 Å². The van der Waals surface area contributed by atoms with Gasteiger partial charge in [0.1, 0.15) is 0 Å². The Hall–Kier alpha value is -2.17. The normalized spacial score (nSPS) is 21.6. The molecule has 3 atom stereocenters. The van der Waals surface area contributed by atoms with Gasteiger partial charge in [-0.05, 0) is 30.9 Å². The number of carbonyl (C=O) groups excluding carboxylic acids is 1. The number of hydrogen-bond acceptors (Lipinski definition) is 3. The molecule has 0 saturated carbocycles. The van der Waals surface area contributed by atoms with E-state index >= 15 is 0 Å². The average molecular weight is 366 g/mol. The zero-order valence-corrected chi connectivity index (χ0v) is 16.4. The highest BCUT2D eigenvalue weighted by Gasteiger charge is 2.32. The number of likely N-dealkylation sites (N-methyl/N-ethyl adjacent to an activating group) is 1. The molecule has 2 aromatic rings. The van der Waals surface area contributed by atoms with E-state index in [0.29, 0.717) is 12.6 Å². The Morgan fingerprint density at radius 1 is 1.15 bits per heavy atom. The lowest BCUT2D eigenvalue weighted by Crippen LogP contribution is -2.50. The lowest BCUT2D eigenvalue weighted by molar-refractivity contribution is -0.134. The summed E-state index contributed by atoms with van der Waals surface area (Å²) in [5, 5.41) is 0. The number of benzene rings is 2. The number of nitrogens with two attached hydrogens (primary N) is 1. The van der Waals surface area contributed by atoms with E-state index in [1.54, 1.807) is 0 Å². The molecule has 1 aliphatic heterocycles. The van der Waals surface area contributed by atoms with Crippen molar-refractivity contribution in [3.63, 3.8) is 0 Å². The van der Waals surface area contributed by atoms with Crippen molar-refractivity contribution in [2.75, 3.05) is 20.1 Å². The fourth-order valence-corrected chi connectivity index (χ4v) is 4.09. The van der Waals surface area contributed by atoms with Gasteiger partial charge in [0.2, 0.25) is 5.91 Å². The maximum absolute atomic E-state index is 13.1. The van der Waals surface area contributed by atoms with E-state index in [0.717, 1.165) is 31.5 Å². The van der Waals surface area contributed by atoms with Gasteiger partial charge in [-0.25, -0.2) is 0 Å². The Kier molecular flexibility index (Phi) is 6.64. The van der Waals surface area contributed by atoms with E-state index in [4.69, 9.17) is 5.73 Å². The molecule has 0 radical (unpaired) electrons. The van der Waals surface area contributed by atoms with Crippen LogP contribution in [0.3, 0.4) is 0 Å². The zero-order chi connectivity index (χ0) is 19.2. The summed E-state index contributed by atoms with van der Waals surface area (Å²) in [7, 11) is 1.94. The second kappa shape index (κ2) is 9.16. The maximum atomic E-state index is 13.1. The standard InChI is InChI=1S/C23H31N3O/c1-18-15-21(13-14-26(18)17-19-9-5-3-6-10-19)25(2)23(27)22(16-24)20-11-7-4-8-12-20/h3-12,18,21-22H,13-17,24H2,1-2H3/t18-,21+,22+/m1/s1. The summed E-state index contributed by atoms with van der Waals surface area (Å²) in [6, 6.07) is 21.2. The van der Waals surface area contributed by atoms with Crippen LogP contribution < -0.4 is 5.73 Å². The van der Waals surface area contributed by atoms with E-state index in [1.807, 2.05) is 42.3 Å². The smallest absolute Gasteiger partial charge is 0.231 e. The molecule has 4 nitrogen and oxygen atoms in total. The van der Waals surface area contributed by atoms with Gasteiger partial charge in [0.05, 0.1) is 5.92 Å². The molecule has 3 rings (SSSR count). The molecule has 1 amide bonds. The highest BCUT2D eigenvalue weighted by atomic mass is 16.2. The molecule has 144 valence electrons. The summed E-state index contributed by atoms with van der Waals surface area (Å²) in [5.74, 6) is -0.119. The van der Waals surface area contributed by atoms with Gasteiger partial charge in [0.15, 0.2) is 0 Å². The predicted molar refractivity (Wildman–Crippen MR) is 110 cm³/mol. The van der Waals surface area contributed by atoms with Crippen LogP contribution in [0.25, 0.3) is 0 Å². The largest absolute Gasteiger partial charge is 0.342 e. The van der Waals surface area contributed by atoms with Crippen molar-refractivity contribution in [3.05, 3.63) is 71.8 Å². The summed E-state index contributed by atoms with van der Waals surface area (Å²) in [4.78, 5) is 17.5. The van der Waals surface area contributed by atoms with E-state index in [9.17, 15) is 4.79 Å². The summed E-state index contributed by atoms with van der Waals surface area (Å²) < 4.78 is 0. The van der Waals surface area contributed by atoms with Crippen LogP contribution in [0.1, 0.15) is 36.8 Å². The fraction of sp³-hybridized carbons (Fsp3) is 0.435. The van der Waals surface area contributed by atoms with Crippen molar-refractivity contribution < 1.29 is 4.79 Å². The molecule has 2 N–H and O–H groups in total. The summed E-state index contributed by atoms with van der Waals surface area (Å²) in [6.07, 6.45) is 2.01. The number of nitrogens with zero attached hydrogens (tertiary/aromatic N) is 2. The minimum Gasteiger partial charge on any atom is -0.342 e. The molecule has 27 heavy (non-hydrogen) atoms. The van der Waals surface area contributed by atoms with Gasteiger partial charge < -0.3 is 10.6 Å². The Balaban J connectivity index is 1.61. The number of rotatable bonds is 6. The molecular formula is C23H31N3O. The van der Waals surface area contributed by atoms with Gasteiger partial charge in [-0.1, -0.05) is 60.7 Å². The number of hydrogen-bond donors (Lipinski definition) is 1. The Labute approximate surface area is 163 Å². The first-order valence-electron chi connectivity index (χ1n) is 9.89. The lowest BCUT2D eigenvalue weighted by Gasteiger charge is -2.42. The van der Waals surface area contributed by atoms with Gasteiger partial charge >= 0.3 is 0 Å². The van der Waals surface area contributed by atoms with Crippen LogP contribution in [0, 0.1) is 0 Å². The number of amides is 1. The molecule has 1 aliphatic rings. The van der Waals surface area contributed by atoms with Crippen molar-refractivity contribution in [2.45, 2.75) is 44.3 Å². The van der Waals surface area contributed by atoms with Gasteiger partial charge in [-0.2, -0.15) is 0 Å². The third-order valence-corrected chi connectivity index (χ3v) is 5.85. The monoisotopic (exact) mass is 365 g/mol. The average Bonchev–Trinajstić information content (AvgIpc) is 2.71.